The van der Waals surface area contributed by atoms with E-state index in [9.17, 15) is 0 Å². The van der Waals surface area contributed by atoms with Crippen LogP contribution in [0, 0.1) is 13.8 Å². The lowest BCUT2D eigenvalue weighted by Gasteiger charge is -2.09. The summed E-state index contributed by atoms with van der Waals surface area (Å²) >= 11 is 0. The second-order valence-corrected chi connectivity index (χ2v) is 6.78. The van der Waals surface area contributed by atoms with Crippen LogP contribution in [0.1, 0.15) is 24.2 Å². The monoisotopic (exact) mass is 333 g/mol. The van der Waals surface area contributed by atoms with E-state index in [1.165, 1.54) is 11.1 Å². The van der Waals surface area contributed by atoms with Crippen LogP contribution in [0.3, 0.4) is 0 Å². The minimum atomic E-state index is 0.307. The molecule has 0 N–H and O–H groups in total. The molecular formula is C21H23N3O. The van der Waals surface area contributed by atoms with Gasteiger partial charge in [0.2, 0.25) is 0 Å². The van der Waals surface area contributed by atoms with Crippen molar-refractivity contribution in [1.82, 2.24) is 14.8 Å². The summed E-state index contributed by atoms with van der Waals surface area (Å²) in [5, 5.41) is 4.74. The molecule has 0 bridgehead atoms. The van der Waals surface area contributed by atoms with Crippen LogP contribution in [-0.2, 0) is 11.3 Å². The van der Waals surface area contributed by atoms with Crippen LogP contribution in [0.2, 0.25) is 0 Å². The highest BCUT2D eigenvalue weighted by molar-refractivity contribution is 5.71. The van der Waals surface area contributed by atoms with Gasteiger partial charge < -0.3 is 4.74 Å². The first kappa shape index (κ1) is 16.0. The van der Waals surface area contributed by atoms with Crippen molar-refractivity contribution >= 4 is 0 Å². The summed E-state index contributed by atoms with van der Waals surface area (Å²) in [7, 11) is 0. The normalized spacial score (nSPS) is 17.1. The van der Waals surface area contributed by atoms with Crippen molar-refractivity contribution in [3.05, 3.63) is 60.0 Å². The molecule has 128 valence electrons. The first-order valence-electron chi connectivity index (χ1n) is 8.88. The van der Waals surface area contributed by atoms with Gasteiger partial charge >= 0.3 is 0 Å². The van der Waals surface area contributed by atoms with Gasteiger partial charge in [-0.15, -0.1) is 0 Å². The van der Waals surface area contributed by atoms with Crippen molar-refractivity contribution in [2.75, 3.05) is 6.61 Å². The lowest BCUT2D eigenvalue weighted by molar-refractivity contribution is 0.0940. The van der Waals surface area contributed by atoms with Gasteiger partial charge in [-0.2, -0.15) is 5.10 Å². The predicted octanol–water partition coefficient (Wildman–Crippen LogP) is 4.41. The molecule has 0 saturated carbocycles. The van der Waals surface area contributed by atoms with Crippen molar-refractivity contribution in [1.29, 1.82) is 0 Å². The Kier molecular flexibility index (Phi) is 4.36. The van der Waals surface area contributed by atoms with Crippen molar-refractivity contribution < 1.29 is 4.74 Å². The second-order valence-electron chi connectivity index (χ2n) is 6.78. The first-order valence-corrected chi connectivity index (χ1v) is 8.88. The molecule has 0 unspecified atom stereocenters. The fraction of sp³-hybridized carbons (Fsp3) is 0.333. The van der Waals surface area contributed by atoms with Gasteiger partial charge in [-0.1, -0.05) is 18.2 Å². The van der Waals surface area contributed by atoms with E-state index in [0.717, 1.165) is 48.6 Å². The first-order chi connectivity index (χ1) is 12.2. The predicted molar refractivity (Wildman–Crippen MR) is 99.3 cm³/mol. The van der Waals surface area contributed by atoms with Gasteiger partial charge in [-0.05, 0) is 62.1 Å². The average Bonchev–Trinajstić information content (AvgIpc) is 3.27. The molecule has 1 atom stereocenters. The molecule has 3 aromatic rings. The highest BCUT2D eigenvalue weighted by Crippen LogP contribution is 2.26. The summed E-state index contributed by atoms with van der Waals surface area (Å²) in [6, 6.07) is 14.9. The third-order valence-corrected chi connectivity index (χ3v) is 4.63. The Bertz CT molecular complexity index is 858. The van der Waals surface area contributed by atoms with Gasteiger partial charge in [0.15, 0.2) is 0 Å². The van der Waals surface area contributed by atoms with Crippen molar-refractivity contribution in [2.24, 2.45) is 0 Å². The largest absolute Gasteiger partial charge is 0.376 e. The Morgan fingerprint density at radius 3 is 2.60 bits per heavy atom. The molecular weight excluding hydrogens is 310 g/mol. The number of benzene rings is 1. The molecule has 4 heteroatoms. The number of aryl methyl sites for hydroxylation is 2. The average molecular weight is 333 g/mol. The van der Waals surface area contributed by atoms with Gasteiger partial charge in [0.05, 0.1) is 18.3 Å². The van der Waals surface area contributed by atoms with Gasteiger partial charge in [-0.3, -0.25) is 9.67 Å². The molecule has 0 aliphatic carbocycles. The summed E-state index contributed by atoms with van der Waals surface area (Å²) in [4.78, 5) is 4.46. The molecule has 2 aromatic heterocycles. The third-order valence-electron chi connectivity index (χ3n) is 4.63. The Morgan fingerprint density at radius 1 is 1.04 bits per heavy atom. The fourth-order valence-corrected chi connectivity index (χ4v) is 3.47. The van der Waals surface area contributed by atoms with Crippen LogP contribution >= 0.6 is 0 Å². The summed E-state index contributed by atoms with van der Waals surface area (Å²) in [5.41, 5.74) is 6.62. The zero-order valence-electron chi connectivity index (χ0n) is 14.8. The minimum Gasteiger partial charge on any atom is -0.376 e. The van der Waals surface area contributed by atoms with E-state index < -0.39 is 0 Å². The van der Waals surface area contributed by atoms with Crippen molar-refractivity contribution in [2.45, 2.75) is 39.3 Å². The molecule has 3 heterocycles. The third kappa shape index (κ3) is 3.64. The number of pyridine rings is 1. The summed E-state index contributed by atoms with van der Waals surface area (Å²) in [6.07, 6.45) is 4.64. The second kappa shape index (κ2) is 6.81. The number of rotatable bonds is 4. The molecule has 1 fully saturated rings. The zero-order valence-corrected chi connectivity index (χ0v) is 14.8. The number of hydrogen-bond acceptors (Lipinski definition) is 3. The summed E-state index contributed by atoms with van der Waals surface area (Å²) in [6.45, 7) is 5.79. The lowest BCUT2D eigenvalue weighted by atomic mass is 10.0. The van der Waals surface area contributed by atoms with Gasteiger partial charge in [0, 0.05) is 29.8 Å². The number of hydrogen-bond donors (Lipinski definition) is 0. The van der Waals surface area contributed by atoms with Gasteiger partial charge in [-0.25, -0.2) is 0 Å². The topological polar surface area (TPSA) is 39.9 Å². The van der Waals surface area contributed by atoms with Crippen LogP contribution in [-0.4, -0.2) is 27.5 Å². The summed E-state index contributed by atoms with van der Waals surface area (Å²) < 4.78 is 7.70. The van der Waals surface area contributed by atoms with E-state index in [2.05, 4.69) is 47.4 Å². The molecule has 4 rings (SSSR count). The number of nitrogens with zero attached hydrogens (tertiary/aromatic N) is 3. The van der Waals surface area contributed by atoms with Crippen LogP contribution in [0.5, 0.6) is 0 Å². The van der Waals surface area contributed by atoms with Crippen LogP contribution in [0.25, 0.3) is 22.4 Å². The lowest BCUT2D eigenvalue weighted by Crippen LogP contribution is -2.15. The number of aromatic nitrogens is 3. The Morgan fingerprint density at radius 2 is 1.84 bits per heavy atom. The smallest absolute Gasteiger partial charge is 0.0923 e. The number of ether oxygens (including phenoxy) is 1. The molecule has 1 aromatic carbocycles. The Hall–Kier alpha value is -2.46. The molecule has 0 amide bonds. The molecule has 1 saturated heterocycles. The van der Waals surface area contributed by atoms with Crippen LogP contribution in [0.15, 0.2) is 48.7 Å². The van der Waals surface area contributed by atoms with Crippen LogP contribution in [0.4, 0.5) is 0 Å². The Balaban J connectivity index is 1.60. The molecule has 4 nitrogen and oxygen atoms in total. The maximum absolute atomic E-state index is 5.70. The minimum absolute atomic E-state index is 0.307. The Labute approximate surface area is 148 Å². The fourth-order valence-electron chi connectivity index (χ4n) is 3.47. The maximum Gasteiger partial charge on any atom is 0.0923 e. The zero-order chi connectivity index (χ0) is 17.2. The van der Waals surface area contributed by atoms with Crippen molar-refractivity contribution in [3.63, 3.8) is 0 Å². The quantitative estimate of drug-likeness (QED) is 0.710. The van der Waals surface area contributed by atoms with Gasteiger partial charge in [0.25, 0.3) is 0 Å². The SMILES string of the molecule is Cc1cc(-c2cccc(-c3ccn(C[C@@H]4CCCO4)n3)c2)cc(C)n1. The highest BCUT2D eigenvalue weighted by atomic mass is 16.5. The van der Waals surface area contributed by atoms with E-state index >= 15 is 0 Å². The van der Waals surface area contributed by atoms with E-state index in [1.807, 2.05) is 24.7 Å². The highest BCUT2D eigenvalue weighted by Gasteiger charge is 2.16. The van der Waals surface area contributed by atoms with Crippen LogP contribution < -0.4 is 0 Å². The van der Waals surface area contributed by atoms with E-state index in [-0.39, 0.29) is 0 Å². The van der Waals surface area contributed by atoms with Gasteiger partial charge in [0.1, 0.15) is 0 Å². The van der Waals surface area contributed by atoms with E-state index in [1.54, 1.807) is 0 Å². The molecule has 25 heavy (non-hydrogen) atoms. The van der Waals surface area contributed by atoms with E-state index in [0.29, 0.717) is 6.10 Å². The molecule has 0 radical (unpaired) electrons. The van der Waals surface area contributed by atoms with Crippen molar-refractivity contribution in [3.8, 4) is 22.4 Å². The molecule has 1 aliphatic rings. The maximum atomic E-state index is 5.70. The molecule has 1 aliphatic heterocycles. The van der Waals surface area contributed by atoms with E-state index in [4.69, 9.17) is 9.84 Å². The molecule has 0 spiro atoms. The standard InChI is InChI=1S/C21H23N3O/c1-15-11-19(12-16(2)22-15)17-5-3-6-18(13-17)21-8-9-24(23-21)14-20-7-4-10-25-20/h3,5-6,8-9,11-13,20H,4,7,10,14H2,1-2H3/t20-/m0/s1. The summed E-state index contributed by atoms with van der Waals surface area (Å²) in [5.74, 6) is 0.